The number of benzene rings is 3. The molecule has 0 N–H and O–H groups in total. The summed E-state index contributed by atoms with van der Waals surface area (Å²) in [5, 5.41) is 4.81. The molecule has 0 bridgehead atoms. The SMILES string of the molecule is CC(=O)N(c1ccc(Cl)cc1)C1CC(C)N(C(=O)c2ccc(OCCCn3cccn3)cc2)c2ccccc21. The predicted molar refractivity (Wildman–Crippen MR) is 153 cm³/mol. The fourth-order valence-corrected chi connectivity index (χ4v) is 5.33. The van der Waals surface area contributed by atoms with E-state index in [0.717, 1.165) is 35.7 Å². The van der Waals surface area contributed by atoms with Crippen molar-refractivity contribution in [2.45, 2.75) is 45.3 Å². The van der Waals surface area contributed by atoms with Gasteiger partial charge in [0.15, 0.2) is 0 Å². The van der Waals surface area contributed by atoms with Gasteiger partial charge in [-0.05, 0) is 79.6 Å². The Labute approximate surface area is 233 Å². The van der Waals surface area contributed by atoms with Crippen molar-refractivity contribution >= 4 is 34.8 Å². The van der Waals surface area contributed by atoms with E-state index in [4.69, 9.17) is 16.3 Å². The third kappa shape index (κ3) is 5.83. The number of hydrogen-bond acceptors (Lipinski definition) is 4. The second kappa shape index (κ2) is 11.7. The third-order valence-electron chi connectivity index (χ3n) is 7.00. The monoisotopic (exact) mass is 542 g/mol. The number of nitrogens with zero attached hydrogens (tertiary/aromatic N) is 4. The maximum atomic E-state index is 13.8. The molecule has 0 fully saturated rings. The first-order valence-electron chi connectivity index (χ1n) is 13.1. The van der Waals surface area contributed by atoms with Crippen molar-refractivity contribution in [3.05, 3.63) is 107 Å². The summed E-state index contributed by atoms with van der Waals surface area (Å²) in [7, 11) is 0. The number of rotatable bonds is 8. The number of fused-ring (bicyclic) bond motifs is 1. The maximum Gasteiger partial charge on any atom is 0.258 e. The molecule has 2 atom stereocenters. The Kier molecular flexibility index (Phi) is 7.98. The number of carbonyl (C=O) groups excluding carboxylic acids is 2. The fraction of sp³-hybridized carbons (Fsp3) is 0.258. The van der Waals surface area contributed by atoms with Gasteiger partial charge in [-0.15, -0.1) is 0 Å². The van der Waals surface area contributed by atoms with Crippen LogP contribution in [0, 0.1) is 0 Å². The van der Waals surface area contributed by atoms with Gasteiger partial charge >= 0.3 is 0 Å². The summed E-state index contributed by atoms with van der Waals surface area (Å²) in [4.78, 5) is 30.3. The van der Waals surface area contributed by atoms with E-state index < -0.39 is 0 Å². The van der Waals surface area contributed by atoms with Gasteiger partial charge in [-0.3, -0.25) is 14.3 Å². The highest BCUT2D eigenvalue weighted by atomic mass is 35.5. The van der Waals surface area contributed by atoms with Gasteiger partial charge in [0.05, 0.1) is 12.6 Å². The molecule has 1 aromatic heterocycles. The van der Waals surface area contributed by atoms with E-state index in [2.05, 4.69) is 5.10 Å². The molecule has 3 aromatic carbocycles. The van der Waals surface area contributed by atoms with Crippen LogP contribution < -0.4 is 14.5 Å². The highest BCUT2D eigenvalue weighted by molar-refractivity contribution is 6.30. The van der Waals surface area contributed by atoms with Gasteiger partial charge in [-0.1, -0.05) is 29.8 Å². The van der Waals surface area contributed by atoms with E-state index in [1.807, 2.05) is 89.4 Å². The summed E-state index contributed by atoms with van der Waals surface area (Å²) in [5.41, 5.74) is 3.11. The van der Waals surface area contributed by atoms with E-state index in [9.17, 15) is 9.59 Å². The van der Waals surface area contributed by atoms with Crippen molar-refractivity contribution in [3.63, 3.8) is 0 Å². The molecule has 7 nitrogen and oxygen atoms in total. The van der Waals surface area contributed by atoms with Gasteiger partial charge in [-0.25, -0.2) is 0 Å². The Morgan fingerprint density at radius 1 is 1.03 bits per heavy atom. The Hall–Kier alpha value is -4.10. The van der Waals surface area contributed by atoms with Crippen LogP contribution in [0.25, 0.3) is 0 Å². The fourth-order valence-electron chi connectivity index (χ4n) is 5.20. The van der Waals surface area contributed by atoms with Gasteiger partial charge in [0.25, 0.3) is 5.91 Å². The van der Waals surface area contributed by atoms with Gasteiger partial charge < -0.3 is 14.5 Å². The number of carbonyl (C=O) groups is 2. The van der Waals surface area contributed by atoms with Crippen molar-refractivity contribution in [1.29, 1.82) is 0 Å². The lowest BCUT2D eigenvalue weighted by molar-refractivity contribution is -0.117. The molecule has 0 aliphatic carbocycles. The molecule has 2 heterocycles. The summed E-state index contributed by atoms with van der Waals surface area (Å²) in [6, 6.07) is 23.9. The standard InChI is InChI=1S/C31H31ClN4O3/c1-22-21-30(36(23(2)37)26-13-11-25(32)12-14-26)28-7-3-4-8-29(28)35(22)31(38)24-9-15-27(16-10-24)39-20-6-19-34-18-5-17-33-34/h3-5,7-18,22,30H,6,19-21H2,1-2H3. The van der Waals surface area contributed by atoms with E-state index in [1.165, 1.54) is 0 Å². The van der Waals surface area contributed by atoms with E-state index >= 15 is 0 Å². The second-order valence-electron chi connectivity index (χ2n) is 9.70. The van der Waals surface area contributed by atoms with Crippen LogP contribution in [-0.2, 0) is 11.3 Å². The van der Waals surface area contributed by atoms with Crippen LogP contribution in [0.2, 0.25) is 5.02 Å². The average molecular weight is 543 g/mol. The highest BCUT2D eigenvalue weighted by Gasteiger charge is 2.38. The molecule has 39 heavy (non-hydrogen) atoms. The molecule has 0 saturated heterocycles. The first-order chi connectivity index (χ1) is 18.9. The van der Waals surface area contributed by atoms with Crippen LogP contribution in [0.15, 0.2) is 91.3 Å². The minimum Gasteiger partial charge on any atom is -0.494 e. The van der Waals surface area contributed by atoms with Crippen molar-refractivity contribution < 1.29 is 14.3 Å². The molecule has 8 heteroatoms. The van der Waals surface area contributed by atoms with Crippen LogP contribution in [0.1, 0.15) is 48.7 Å². The lowest BCUT2D eigenvalue weighted by Crippen LogP contribution is -2.47. The summed E-state index contributed by atoms with van der Waals surface area (Å²) < 4.78 is 7.74. The molecule has 2 amide bonds. The van der Waals surface area contributed by atoms with Crippen LogP contribution >= 0.6 is 11.6 Å². The van der Waals surface area contributed by atoms with E-state index in [1.54, 1.807) is 30.2 Å². The minimum absolute atomic E-state index is 0.0655. The first kappa shape index (κ1) is 26.5. The van der Waals surface area contributed by atoms with Gasteiger partial charge in [0, 0.05) is 60.3 Å². The summed E-state index contributed by atoms with van der Waals surface area (Å²) in [6.45, 7) is 4.94. The van der Waals surface area contributed by atoms with Gasteiger partial charge in [0.1, 0.15) is 5.75 Å². The first-order valence-corrected chi connectivity index (χ1v) is 13.5. The number of para-hydroxylation sites is 1. The zero-order chi connectivity index (χ0) is 27.4. The third-order valence-corrected chi connectivity index (χ3v) is 7.25. The number of ether oxygens (including phenoxy) is 1. The number of amides is 2. The van der Waals surface area contributed by atoms with E-state index in [-0.39, 0.29) is 23.9 Å². The Morgan fingerprint density at radius 3 is 2.46 bits per heavy atom. The summed E-state index contributed by atoms with van der Waals surface area (Å²) >= 11 is 6.10. The molecule has 2 unspecified atom stereocenters. The normalized spacial score (nSPS) is 16.4. The number of anilines is 2. The zero-order valence-corrected chi connectivity index (χ0v) is 22.8. The molecule has 200 valence electrons. The molecule has 0 radical (unpaired) electrons. The van der Waals surface area contributed by atoms with Crippen LogP contribution in [-0.4, -0.2) is 34.2 Å². The Balaban J connectivity index is 1.33. The topological polar surface area (TPSA) is 67.7 Å². The van der Waals surface area contributed by atoms with Crippen molar-refractivity contribution in [1.82, 2.24) is 9.78 Å². The van der Waals surface area contributed by atoms with Crippen molar-refractivity contribution in [2.24, 2.45) is 0 Å². The average Bonchev–Trinajstić information content (AvgIpc) is 3.46. The lowest BCUT2D eigenvalue weighted by atomic mass is 9.89. The molecular formula is C31H31ClN4O3. The highest BCUT2D eigenvalue weighted by Crippen LogP contribution is 2.43. The van der Waals surface area contributed by atoms with Crippen LogP contribution in [0.3, 0.4) is 0 Å². The minimum atomic E-state index is -0.212. The number of aromatic nitrogens is 2. The van der Waals surface area contributed by atoms with Gasteiger partial charge in [0.2, 0.25) is 5.91 Å². The predicted octanol–water partition coefficient (Wildman–Crippen LogP) is 6.54. The molecule has 1 aliphatic heterocycles. The Morgan fingerprint density at radius 2 is 1.77 bits per heavy atom. The lowest BCUT2D eigenvalue weighted by Gasteiger charge is -2.43. The number of hydrogen-bond donors (Lipinski definition) is 0. The largest absolute Gasteiger partial charge is 0.494 e. The second-order valence-corrected chi connectivity index (χ2v) is 10.1. The quantitative estimate of drug-likeness (QED) is 0.237. The van der Waals surface area contributed by atoms with Crippen LogP contribution in [0.5, 0.6) is 5.75 Å². The Bertz CT molecular complexity index is 1420. The molecule has 0 saturated carbocycles. The molecule has 1 aliphatic rings. The summed E-state index contributed by atoms with van der Waals surface area (Å²) in [5.74, 6) is 0.572. The van der Waals surface area contributed by atoms with Crippen molar-refractivity contribution in [2.75, 3.05) is 16.4 Å². The molecule has 0 spiro atoms. The maximum absolute atomic E-state index is 13.8. The summed E-state index contributed by atoms with van der Waals surface area (Å²) in [6.07, 6.45) is 5.12. The molecular weight excluding hydrogens is 512 g/mol. The van der Waals surface area contributed by atoms with Gasteiger partial charge in [-0.2, -0.15) is 5.10 Å². The van der Waals surface area contributed by atoms with Crippen LogP contribution in [0.4, 0.5) is 11.4 Å². The smallest absolute Gasteiger partial charge is 0.258 e. The number of aryl methyl sites for hydroxylation is 1. The zero-order valence-electron chi connectivity index (χ0n) is 22.0. The van der Waals surface area contributed by atoms with Crippen molar-refractivity contribution in [3.8, 4) is 5.75 Å². The van der Waals surface area contributed by atoms with E-state index in [0.29, 0.717) is 23.6 Å². The molecule has 5 rings (SSSR count). The number of halogens is 1. The molecule has 4 aromatic rings.